The first-order valence-corrected chi connectivity index (χ1v) is 15.1. The number of nitrogens with one attached hydrogen (secondary N) is 4. The van der Waals surface area contributed by atoms with Gasteiger partial charge in [-0.2, -0.15) is 0 Å². The monoisotopic (exact) mass is 607 g/mol. The highest BCUT2D eigenvalue weighted by Gasteiger charge is 2.51. The maximum absolute atomic E-state index is 13.2. The van der Waals surface area contributed by atoms with E-state index in [0.29, 0.717) is 37.8 Å². The summed E-state index contributed by atoms with van der Waals surface area (Å²) in [4.78, 5) is 80.7. The number of ketones is 1. The quantitative estimate of drug-likeness (QED) is 0.256. The molecule has 0 bridgehead atoms. The average Bonchev–Trinajstić information content (AvgIpc) is 3.50. The summed E-state index contributed by atoms with van der Waals surface area (Å²) in [5.41, 5.74) is 0.494. The van der Waals surface area contributed by atoms with Crippen LogP contribution in [0, 0.1) is 0 Å². The van der Waals surface area contributed by atoms with Crippen molar-refractivity contribution >= 4 is 46.7 Å². The van der Waals surface area contributed by atoms with Crippen LogP contribution in [-0.4, -0.2) is 82.8 Å². The Morgan fingerprint density at radius 1 is 1.12 bits per heavy atom. The van der Waals surface area contributed by atoms with Crippen molar-refractivity contribution in [3.8, 4) is 0 Å². The number of aromatic nitrogens is 1. The fraction of sp³-hybridized carbons (Fsp3) is 0.679. The molecule has 3 rings (SSSR count). The molecule has 42 heavy (non-hydrogen) atoms. The van der Waals surface area contributed by atoms with Gasteiger partial charge in [0, 0.05) is 18.2 Å². The van der Waals surface area contributed by atoms with Gasteiger partial charge in [-0.1, -0.05) is 6.42 Å². The Bertz CT molecular complexity index is 1150. The van der Waals surface area contributed by atoms with Crippen LogP contribution in [0.5, 0.6) is 0 Å². The van der Waals surface area contributed by atoms with Crippen LogP contribution in [0.2, 0.25) is 0 Å². The first kappa shape index (κ1) is 33.1. The lowest BCUT2D eigenvalue weighted by Gasteiger charge is -2.23. The van der Waals surface area contributed by atoms with Gasteiger partial charge in [-0.15, -0.1) is 11.3 Å². The van der Waals surface area contributed by atoms with E-state index in [2.05, 4.69) is 26.3 Å². The maximum atomic E-state index is 13.2. The van der Waals surface area contributed by atoms with Crippen LogP contribution in [0.3, 0.4) is 0 Å². The van der Waals surface area contributed by atoms with Crippen molar-refractivity contribution in [2.75, 3.05) is 13.2 Å². The number of rotatable bonds is 7. The number of carbonyl (C=O) groups is 6. The van der Waals surface area contributed by atoms with E-state index in [1.54, 1.807) is 31.7 Å². The van der Waals surface area contributed by atoms with Crippen molar-refractivity contribution in [2.45, 2.75) is 108 Å². The molecule has 0 aromatic carbocycles. The highest BCUT2D eigenvalue weighted by molar-refractivity contribution is 7.07. The number of hydrogen-bond donors (Lipinski definition) is 4. The molecule has 0 radical (unpaired) electrons. The lowest BCUT2D eigenvalue weighted by Crippen LogP contribution is -2.57. The Kier molecular flexibility index (Phi) is 11.6. The molecule has 1 saturated heterocycles. The van der Waals surface area contributed by atoms with E-state index in [-0.39, 0.29) is 38.4 Å². The molecule has 1 spiro atoms. The number of amides is 4. The third-order valence-corrected chi connectivity index (χ3v) is 7.40. The molecule has 2 heterocycles. The van der Waals surface area contributed by atoms with Crippen molar-refractivity contribution < 1.29 is 38.2 Å². The van der Waals surface area contributed by atoms with Gasteiger partial charge in [-0.05, 0) is 53.4 Å². The number of ether oxygens (including phenoxy) is 2. The summed E-state index contributed by atoms with van der Waals surface area (Å²) in [6.45, 7) is 6.22. The highest BCUT2D eigenvalue weighted by Crippen LogP contribution is 2.35. The molecule has 14 heteroatoms. The van der Waals surface area contributed by atoms with Crippen molar-refractivity contribution in [3.63, 3.8) is 0 Å². The summed E-state index contributed by atoms with van der Waals surface area (Å²) in [5.74, 6) is -2.83. The van der Waals surface area contributed by atoms with Gasteiger partial charge in [0.2, 0.25) is 23.6 Å². The standard InChI is InChI=1S/C28H41N5O8S/c1-17-24(37)33-28(9-10-28)26(39)29-13-19(34)14-40-20(7-5-6-8-23(36)41-27(2,3)4)12-22(35)32-21(25(38)31-17)11-18-15-42-16-30-18/h15-17,20-21H,5-14H2,1-4H3,(H,29,39)(H,31,38)(H,32,35)(H,33,37)/t17-,20-,21-/m1/s1. The Hall–Kier alpha value is -3.39. The van der Waals surface area contributed by atoms with Crippen molar-refractivity contribution in [2.24, 2.45) is 0 Å². The van der Waals surface area contributed by atoms with Gasteiger partial charge in [0.25, 0.3) is 0 Å². The molecule has 1 aromatic heterocycles. The number of Topliss-reactive ketones (excluding diaryl/α,β-unsaturated/α-hetero) is 1. The SMILES string of the molecule is C[C@H]1NC(=O)[C@@H](Cc2cscn2)NC(=O)C[C@@H](CCCCC(=O)OC(C)(C)C)OCC(=O)CNC(=O)C2(CC2)NC1=O. The van der Waals surface area contributed by atoms with E-state index >= 15 is 0 Å². The summed E-state index contributed by atoms with van der Waals surface area (Å²) in [6, 6.07) is -2.02. The largest absolute Gasteiger partial charge is 0.460 e. The Balaban J connectivity index is 1.72. The van der Waals surface area contributed by atoms with Crippen LogP contribution in [0.1, 0.15) is 78.3 Å². The number of esters is 1. The third-order valence-electron chi connectivity index (χ3n) is 6.76. The van der Waals surface area contributed by atoms with E-state index in [4.69, 9.17) is 9.47 Å². The van der Waals surface area contributed by atoms with Gasteiger partial charge < -0.3 is 30.7 Å². The van der Waals surface area contributed by atoms with Gasteiger partial charge in [-0.3, -0.25) is 28.8 Å². The fourth-order valence-electron chi connectivity index (χ4n) is 4.36. The number of thiazole rings is 1. The molecule has 1 aromatic rings. The minimum Gasteiger partial charge on any atom is -0.460 e. The number of carbonyl (C=O) groups excluding carboxylic acids is 6. The number of unbranched alkanes of at least 4 members (excludes halogenated alkanes) is 1. The molecule has 2 fully saturated rings. The van der Waals surface area contributed by atoms with E-state index in [1.165, 1.54) is 18.3 Å². The summed E-state index contributed by atoms with van der Waals surface area (Å²) < 4.78 is 11.1. The fourth-order valence-corrected chi connectivity index (χ4v) is 4.93. The molecule has 1 aliphatic carbocycles. The molecular formula is C28H41N5O8S. The second-order valence-corrected chi connectivity index (χ2v) is 12.5. The lowest BCUT2D eigenvalue weighted by atomic mass is 10.1. The van der Waals surface area contributed by atoms with Crippen LogP contribution in [0.15, 0.2) is 10.9 Å². The number of nitrogens with zero attached hydrogens (tertiary/aromatic N) is 1. The summed E-state index contributed by atoms with van der Waals surface area (Å²) in [6.07, 6.45) is 1.68. The minimum absolute atomic E-state index is 0.0989. The molecule has 4 amide bonds. The maximum Gasteiger partial charge on any atom is 0.306 e. The molecule has 0 unspecified atom stereocenters. The van der Waals surface area contributed by atoms with E-state index in [1.807, 2.05) is 0 Å². The molecule has 232 valence electrons. The topological polar surface area (TPSA) is 182 Å². The van der Waals surface area contributed by atoms with E-state index < -0.39 is 58.7 Å². The van der Waals surface area contributed by atoms with Gasteiger partial charge in [0.1, 0.15) is 29.8 Å². The lowest BCUT2D eigenvalue weighted by molar-refractivity contribution is -0.155. The van der Waals surface area contributed by atoms with Crippen LogP contribution in [0.25, 0.3) is 0 Å². The van der Waals surface area contributed by atoms with Crippen molar-refractivity contribution in [3.05, 3.63) is 16.6 Å². The smallest absolute Gasteiger partial charge is 0.306 e. The zero-order chi connectivity index (χ0) is 30.9. The second-order valence-electron chi connectivity index (χ2n) is 11.8. The Morgan fingerprint density at radius 2 is 1.86 bits per heavy atom. The third kappa shape index (κ3) is 10.8. The predicted molar refractivity (Wildman–Crippen MR) is 152 cm³/mol. The first-order chi connectivity index (χ1) is 19.8. The second kappa shape index (κ2) is 14.7. The van der Waals surface area contributed by atoms with Crippen LogP contribution < -0.4 is 21.3 Å². The van der Waals surface area contributed by atoms with Crippen LogP contribution in [0.4, 0.5) is 0 Å². The van der Waals surface area contributed by atoms with E-state index in [9.17, 15) is 28.8 Å². The summed E-state index contributed by atoms with van der Waals surface area (Å²) >= 11 is 1.35. The molecule has 13 nitrogen and oxygen atoms in total. The van der Waals surface area contributed by atoms with Gasteiger partial charge in [-0.25, -0.2) is 4.98 Å². The minimum atomic E-state index is -1.13. The van der Waals surface area contributed by atoms with Gasteiger partial charge in [0.05, 0.1) is 30.3 Å². The van der Waals surface area contributed by atoms with E-state index in [0.717, 1.165) is 0 Å². The molecule has 2 aliphatic rings. The van der Waals surface area contributed by atoms with Crippen molar-refractivity contribution in [1.29, 1.82) is 0 Å². The summed E-state index contributed by atoms with van der Waals surface area (Å²) in [5, 5.41) is 12.3. The highest BCUT2D eigenvalue weighted by atomic mass is 32.1. The van der Waals surface area contributed by atoms with Gasteiger partial charge >= 0.3 is 5.97 Å². The normalized spacial score (nSPS) is 24.2. The molecular weight excluding hydrogens is 566 g/mol. The molecule has 1 aliphatic heterocycles. The molecule has 3 atom stereocenters. The molecule has 1 saturated carbocycles. The average molecular weight is 608 g/mol. The molecule has 4 N–H and O–H groups in total. The zero-order valence-electron chi connectivity index (χ0n) is 24.6. The van der Waals surface area contributed by atoms with Crippen LogP contribution >= 0.6 is 11.3 Å². The van der Waals surface area contributed by atoms with Crippen molar-refractivity contribution in [1.82, 2.24) is 26.3 Å². The Morgan fingerprint density at radius 3 is 2.50 bits per heavy atom. The van der Waals surface area contributed by atoms with Crippen LogP contribution in [-0.2, 0) is 44.7 Å². The predicted octanol–water partition coefficient (Wildman–Crippen LogP) is 0.700. The van der Waals surface area contributed by atoms with Gasteiger partial charge in [0.15, 0.2) is 5.78 Å². The Labute approximate surface area is 249 Å². The zero-order valence-corrected chi connectivity index (χ0v) is 25.4. The summed E-state index contributed by atoms with van der Waals surface area (Å²) in [7, 11) is 0. The first-order valence-electron chi connectivity index (χ1n) is 14.2. The number of hydrogen-bond acceptors (Lipinski definition) is 10.